The van der Waals surface area contributed by atoms with Gasteiger partial charge in [-0.2, -0.15) is 13.2 Å². The predicted octanol–water partition coefficient (Wildman–Crippen LogP) is 5.77. The first kappa shape index (κ1) is 21.3. The first-order valence-electron chi connectivity index (χ1n) is 9.48. The molecule has 0 amide bonds. The van der Waals surface area contributed by atoms with E-state index < -0.39 is 11.7 Å². The van der Waals surface area contributed by atoms with E-state index in [9.17, 15) is 13.2 Å². The van der Waals surface area contributed by atoms with Crippen LogP contribution in [0.4, 0.5) is 24.7 Å². The quantitative estimate of drug-likeness (QED) is 0.515. The van der Waals surface area contributed by atoms with Crippen molar-refractivity contribution in [3.8, 4) is 11.4 Å². The number of nitrogens with one attached hydrogen (secondary N) is 2. The molecule has 3 rings (SSSR count). The largest absolute Gasteiger partial charge is 0.417 e. The second-order valence-electron chi connectivity index (χ2n) is 6.69. The van der Waals surface area contributed by atoms with E-state index >= 15 is 0 Å². The Morgan fingerprint density at radius 3 is 2.47 bits per heavy atom. The third-order valence-electron chi connectivity index (χ3n) is 4.42. The van der Waals surface area contributed by atoms with E-state index in [0.717, 1.165) is 30.3 Å². The van der Waals surface area contributed by atoms with Crippen molar-refractivity contribution in [1.82, 2.24) is 15.2 Å². The minimum Gasteiger partial charge on any atom is -0.385 e. The van der Waals surface area contributed by atoms with Crippen molar-refractivity contribution in [3.63, 3.8) is 0 Å². The Bertz CT molecular complexity index is 1050. The summed E-state index contributed by atoms with van der Waals surface area (Å²) in [5.41, 5.74) is 1.79. The first-order chi connectivity index (χ1) is 14.3. The molecule has 0 atom stereocenters. The number of para-hydroxylation sites is 1. The fraction of sp³-hybridized carbons (Fsp3) is 0.227. The molecule has 2 aromatic carbocycles. The van der Waals surface area contributed by atoms with Gasteiger partial charge in [0, 0.05) is 29.1 Å². The summed E-state index contributed by atoms with van der Waals surface area (Å²) in [6.45, 7) is 8.62. The van der Waals surface area contributed by atoms with Crippen LogP contribution in [-0.4, -0.2) is 21.7 Å². The molecule has 0 spiro atoms. The number of anilines is 2. The van der Waals surface area contributed by atoms with Gasteiger partial charge in [-0.3, -0.25) is 0 Å². The van der Waals surface area contributed by atoms with Crippen molar-refractivity contribution in [1.29, 1.82) is 0 Å². The molecule has 3 aromatic rings. The summed E-state index contributed by atoms with van der Waals surface area (Å²) in [4.78, 5) is 4.31. The summed E-state index contributed by atoms with van der Waals surface area (Å²) in [6.07, 6.45) is -3.56. The molecular formula is C22H22F3N5. The Morgan fingerprint density at radius 2 is 1.73 bits per heavy atom. The van der Waals surface area contributed by atoms with E-state index in [1.165, 1.54) is 18.2 Å². The standard InChI is InChI=1S/C22H22F3N5/c1-4-13-26-19-12-8-6-9-16(19)14(2)27-20-15(3)29-30-21(28-20)17-10-5-7-11-18(17)22(23,24)25/h5-12,26H,2,4,13H2,1,3H3,(H,27,28,30). The normalized spacial score (nSPS) is 11.2. The molecule has 0 radical (unpaired) electrons. The van der Waals surface area contributed by atoms with Gasteiger partial charge in [0.2, 0.25) is 0 Å². The molecule has 0 aliphatic rings. The Morgan fingerprint density at radius 1 is 1.03 bits per heavy atom. The predicted molar refractivity (Wildman–Crippen MR) is 113 cm³/mol. The van der Waals surface area contributed by atoms with E-state index in [4.69, 9.17) is 0 Å². The molecule has 5 nitrogen and oxygen atoms in total. The summed E-state index contributed by atoms with van der Waals surface area (Å²) in [6, 6.07) is 12.8. The van der Waals surface area contributed by atoms with Crippen LogP contribution in [0, 0.1) is 6.92 Å². The van der Waals surface area contributed by atoms with Crippen LogP contribution < -0.4 is 10.6 Å². The minimum atomic E-state index is -4.52. The highest BCUT2D eigenvalue weighted by Gasteiger charge is 2.34. The van der Waals surface area contributed by atoms with Gasteiger partial charge in [0.05, 0.1) is 5.56 Å². The van der Waals surface area contributed by atoms with Gasteiger partial charge in [0.1, 0.15) is 5.69 Å². The molecule has 2 N–H and O–H groups in total. The number of hydrogen-bond acceptors (Lipinski definition) is 5. The summed E-state index contributed by atoms with van der Waals surface area (Å²) in [5, 5.41) is 14.3. The van der Waals surface area contributed by atoms with Crippen LogP contribution in [0.1, 0.15) is 30.2 Å². The molecule has 0 saturated carbocycles. The molecule has 1 aromatic heterocycles. The maximum atomic E-state index is 13.4. The van der Waals surface area contributed by atoms with Crippen molar-refractivity contribution in [2.45, 2.75) is 26.4 Å². The molecular weight excluding hydrogens is 391 g/mol. The highest BCUT2D eigenvalue weighted by atomic mass is 19.4. The van der Waals surface area contributed by atoms with Crippen LogP contribution in [0.25, 0.3) is 17.1 Å². The van der Waals surface area contributed by atoms with Gasteiger partial charge < -0.3 is 10.6 Å². The van der Waals surface area contributed by atoms with Crippen LogP contribution in [0.3, 0.4) is 0 Å². The number of aromatic nitrogens is 3. The molecule has 0 unspecified atom stereocenters. The van der Waals surface area contributed by atoms with Crippen LogP contribution in [-0.2, 0) is 6.18 Å². The number of hydrogen-bond donors (Lipinski definition) is 2. The maximum Gasteiger partial charge on any atom is 0.417 e. The van der Waals surface area contributed by atoms with Gasteiger partial charge >= 0.3 is 6.18 Å². The van der Waals surface area contributed by atoms with Crippen molar-refractivity contribution in [3.05, 3.63) is 71.9 Å². The maximum absolute atomic E-state index is 13.4. The third-order valence-corrected chi connectivity index (χ3v) is 4.42. The second-order valence-corrected chi connectivity index (χ2v) is 6.69. The lowest BCUT2D eigenvalue weighted by atomic mass is 10.1. The van der Waals surface area contributed by atoms with E-state index in [2.05, 4.69) is 39.3 Å². The van der Waals surface area contributed by atoms with E-state index in [-0.39, 0.29) is 11.4 Å². The summed E-state index contributed by atoms with van der Waals surface area (Å²) >= 11 is 0. The number of nitrogens with zero attached hydrogens (tertiary/aromatic N) is 3. The Hall–Kier alpha value is -3.42. The van der Waals surface area contributed by atoms with E-state index in [1.54, 1.807) is 6.92 Å². The van der Waals surface area contributed by atoms with Gasteiger partial charge in [-0.1, -0.05) is 49.9 Å². The molecule has 0 bridgehead atoms. The first-order valence-corrected chi connectivity index (χ1v) is 9.48. The zero-order valence-corrected chi connectivity index (χ0v) is 16.7. The third kappa shape index (κ3) is 4.76. The average Bonchev–Trinajstić information content (AvgIpc) is 2.73. The molecule has 0 aliphatic carbocycles. The summed E-state index contributed by atoms with van der Waals surface area (Å²) in [5.74, 6) is 0.188. The average molecular weight is 413 g/mol. The van der Waals surface area contributed by atoms with E-state index in [0.29, 0.717) is 17.2 Å². The number of rotatable bonds is 7. The van der Waals surface area contributed by atoms with Crippen molar-refractivity contribution in [2.75, 3.05) is 17.2 Å². The van der Waals surface area contributed by atoms with Crippen LogP contribution in [0.15, 0.2) is 55.1 Å². The van der Waals surface area contributed by atoms with E-state index in [1.807, 2.05) is 24.3 Å². The van der Waals surface area contributed by atoms with Crippen LogP contribution in [0.5, 0.6) is 0 Å². The summed E-state index contributed by atoms with van der Waals surface area (Å²) in [7, 11) is 0. The van der Waals surface area contributed by atoms with Gasteiger partial charge in [0.15, 0.2) is 11.6 Å². The molecule has 0 fully saturated rings. The molecule has 0 saturated heterocycles. The number of aryl methyl sites for hydroxylation is 1. The fourth-order valence-corrected chi connectivity index (χ4v) is 2.91. The number of benzene rings is 2. The topological polar surface area (TPSA) is 62.7 Å². The lowest BCUT2D eigenvalue weighted by Gasteiger charge is -2.16. The van der Waals surface area contributed by atoms with Crippen molar-refractivity contribution in [2.24, 2.45) is 0 Å². The van der Waals surface area contributed by atoms with Gasteiger partial charge in [-0.25, -0.2) is 4.98 Å². The lowest BCUT2D eigenvalue weighted by Crippen LogP contribution is -2.11. The Kier molecular flexibility index (Phi) is 6.34. The Balaban J connectivity index is 1.94. The van der Waals surface area contributed by atoms with Crippen LogP contribution >= 0.6 is 0 Å². The molecule has 30 heavy (non-hydrogen) atoms. The second kappa shape index (κ2) is 8.94. The van der Waals surface area contributed by atoms with Gasteiger partial charge in [0.25, 0.3) is 0 Å². The van der Waals surface area contributed by atoms with Gasteiger partial charge in [-0.15, -0.1) is 10.2 Å². The fourth-order valence-electron chi connectivity index (χ4n) is 2.91. The minimum absolute atomic E-state index is 0.110. The van der Waals surface area contributed by atoms with Gasteiger partial charge in [-0.05, 0) is 25.5 Å². The molecule has 156 valence electrons. The summed E-state index contributed by atoms with van der Waals surface area (Å²) < 4.78 is 40.1. The highest BCUT2D eigenvalue weighted by Crippen LogP contribution is 2.36. The molecule has 0 aliphatic heterocycles. The number of halogens is 3. The van der Waals surface area contributed by atoms with Crippen molar-refractivity contribution < 1.29 is 13.2 Å². The Labute approximate surface area is 173 Å². The SMILES string of the molecule is C=C(Nc1nc(-c2ccccc2C(F)(F)F)nnc1C)c1ccccc1NCCC. The van der Waals surface area contributed by atoms with Crippen LogP contribution in [0.2, 0.25) is 0 Å². The van der Waals surface area contributed by atoms with Crippen molar-refractivity contribution >= 4 is 17.2 Å². The molecule has 8 heteroatoms. The number of alkyl halides is 3. The monoisotopic (exact) mass is 413 g/mol. The zero-order valence-electron chi connectivity index (χ0n) is 16.7. The highest BCUT2D eigenvalue weighted by molar-refractivity contribution is 5.82. The lowest BCUT2D eigenvalue weighted by molar-refractivity contribution is -0.137. The smallest absolute Gasteiger partial charge is 0.385 e. The zero-order chi connectivity index (χ0) is 21.7. The molecule has 1 heterocycles.